The highest BCUT2D eigenvalue weighted by molar-refractivity contribution is 5.89. The number of anilines is 1. The summed E-state index contributed by atoms with van der Waals surface area (Å²) >= 11 is 0. The molecule has 164 valence electrons. The highest BCUT2D eigenvalue weighted by Gasteiger charge is 2.49. The lowest BCUT2D eigenvalue weighted by Gasteiger charge is -2.57. The van der Waals surface area contributed by atoms with Crippen molar-refractivity contribution in [3.05, 3.63) is 71.6 Å². The van der Waals surface area contributed by atoms with Crippen LogP contribution in [-0.2, 0) is 0 Å². The summed E-state index contributed by atoms with van der Waals surface area (Å²) in [5.74, 6) is -0.142. The second kappa shape index (κ2) is 9.62. The van der Waals surface area contributed by atoms with Crippen LogP contribution in [0, 0.1) is 5.82 Å². The first kappa shape index (κ1) is 21.5. The number of fused-ring (bicyclic) bond motifs is 1. The van der Waals surface area contributed by atoms with Gasteiger partial charge in [0.05, 0.1) is 6.61 Å². The Balaban J connectivity index is 1.51. The minimum absolute atomic E-state index is 0.0812. The van der Waals surface area contributed by atoms with E-state index in [4.69, 9.17) is 0 Å². The zero-order valence-corrected chi connectivity index (χ0v) is 17.9. The van der Waals surface area contributed by atoms with Gasteiger partial charge in [0.2, 0.25) is 0 Å². The molecule has 0 aromatic heterocycles. The summed E-state index contributed by atoms with van der Waals surface area (Å²) in [5, 5.41) is 13.0. The second-order valence-electron chi connectivity index (χ2n) is 8.34. The van der Waals surface area contributed by atoms with Crippen LogP contribution in [0.4, 0.5) is 14.9 Å². The Morgan fingerprint density at radius 2 is 1.84 bits per heavy atom. The van der Waals surface area contributed by atoms with Gasteiger partial charge in [-0.3, -0.25) is 4.90 Å². The molecule has 2 N–H and O–H groups in total. The number of carbonyl (C=O) groups is 1. The van der Waals surface area contributed by atoms with Gasteiger partial charge in [0.1, 0.15) is 5.82 Å². The van der Waals surface area contributed by atoms with Crippen LogP contribution in [0.3, 0.4) is 0 Å². The lowest BCUT2D eigenvalue weighted by Crippen LogP contribution is -2.68. The lowest BCUT2D eigenvalue weighted by molar-refractivity contribution is -0.0585. The number of nitrogens with one attached hydrogen (secondary N) is 1. The zero-order valence-electron chi connectivity index (χ0n) is 17.9. The number of urea groups is 1. The van der Waals surface area contributed by atoms with E-state index in [1.807, 2.05) is 17.9 Å². The third-order valence-electron chi connectivity index (χ3n) is 6.43. The van der Waals surface area contributed by atoms with E-state index in [2.05, 4.69) is 40.6 Å². The van der Waals surface area contributed by atoms with Crippen LogP contribution in [-0.4, -0.2) is 59.3 Å². The standard InChI is InChI=1S/C25H30FN3O2/c1-2-5-18-6-8-19(9-7-18)24-22-16-28(14-3-4-15-29(22)23(24)17-30)25(31)27-21-12-10-20(26)11-13-21/h2,5-13,22-24,30H,3-4,14-17H2,1H3,(H,27,31)/t22-,23+,24+/m0/s1. The Kier molecular flexibility index (Phi) is 6.68. The van der Waals surface area contributed by atoms with Gasteiger partial charge >= 0.3 is 6.03 Å². The van der Waals surface area contributed by atoms with Crippen LogP contribution in [0.15, 0.2) is 54.6 Å². The van der Waals surface area contributed by atoms with E-state index in [9.17, 15) is 14.3 Å². The molecule has 6 heteroatoms. The lowest BCUT2D eigenvalue weighted by atomic mass is 9.74. The molecule has 2 aromatic carbocycles. The molecule has 3 atom stereocenters. The van der Waals surface area contributed by atoms with E-state index in [1.165, 1.54) is 17.7 Å². The maximum Gasteiger partial charge on any atom is 0.321 e. The number of hydrogen-bond acceptors (Lipinski definition) is 3. The minimum atomic E-state index is -0.326. The van der Waals surface area contributed by atoms with Crippen LogP contribution >= 0.6 is 0 Å². The molecule has 0 radical (unpaired) electrons. The number of nitrogens with zero attached hydrogens (tertiary/aromatic N) is 2. The average molecular weight is 424 g/mol. The monoisotopic (exact) mass is 423 g/mol. The van der Waals surface area contributed by atoms with Crippen molar-refractivity contribution in [3.8, 4) is 0 Å². The Hall–Kier alpha value is -2.70. The predicted octanol–water partition coefficient (Wildman–Crippen LogP) is 4.32. The highest BCUT2D eigenvalue weighted by atomic mass is 19.1. The summed E-state index contributed by atoms with van der Waals surface area (Å²) in [6.07, 6.45) is 5.99. The molecule has 2 fully saturated rings. The molecule has 2 aliphatic heterocycles. The van der Waals surface area contributed by atoms with Crippen molar-refractivity contribution in [2.45, 2.75) is 37.8 Å². The maximum absolute atomic E-state index is 13.2. The van der Waals surface area contributed by atoms with Crippen molar-refractivity contribution in [2.75, 3.05) is 31.6 Å². The van der Waals surface area contributed by atoms with Crippen molar-refractivity contribution in [2.24, 2.45) is 0 Å². The molecular formula is C25H30FN3O2. The minimum Gasteiger partial charge on any atom is -0.395 e. The first-order valence-electron chi connectivity index (χ1n) is 11.0. The van der Waals surface area contributed by atoms with Crippen LogP contribution < -0.4 is 5.32 Å². The average Bonchev–Trinajstić information content (AvgIpc) is 2.75. The van der Waals surface area contributed by atoms with E-state index in [1.54, 1.807) is 12.1 Å². The number of amides is 2. The number of benzene rings is 2. The molecule has 2 heterocycles. The molecule has 0 spiro atoms. The van der Waals surface area contributed by atoms with E-state index in [0.717, 1.165) is 24.9 Å². The Morgan fingerprint density at radius 1 is 1.13 bits per heavy atom. The molecule has 2 saturated heterocycles. The summed E-state index contributed by atoms with van der Waals surface area (Å²) in [7, 11) is 0. The van der Waals surface area contributed by atoms with Crippen LogP contribution in [0.1, 0.15) is 36.8 Å². The maximum atomic E-state index is 13.2. The van der Waals surface area contributed by atoms with Gasteiger partial charge < -0.3 is 15.3 Å². The van der Waals surface area contributed by atoms with Gasteiger partial charge in [0.15, 0.2) is 0 Å². The third-order valence-corrected chi connectivity index (χ3v) is 6.43. The molecule has 0 saturated carbocycles. The molecule has 5 nitrogen and oxygen atoms in total. The fraction of sp³-hybridized carbons (Fsp3) is 0.400. The molecule has 0 unspecified atom stereocenters. The molecule has 2 amide bonds. The second-order valence-corrected chi connectivity index (χ2v) is 8.34. The quantitative estimate of drug-likeness (QED) is 0.770. The molecule has 2 aliphatic rings. The molecule has 2 aromatic rings. The smallest absolute Gasteiger partial charge is 0.321 e. The van der Waals surface area contributed by atoms with E-state index in [-0.39, 0.29) is 36.5 Å². The molecule has 0 bridgehead atoms. The van der Waals surface area contributed by atoms with Crippen molar-refractivity contribution in [1.82, 2.24) is 9.80 Å². The molecule has 31 heavy (non-hydrogen) atoms. The summed E-state index contributed by atoms with van der Waals surface area (Å²) in [4.78, 5) is 17.2. The zero-order chi connectivity index (χ0) is 21.8. The normalized spacial score (nSPS) is 24.2. The first-order valence-corrected chi connectivity index (χ1v) is 11.0. The van der Waals surface area contributed by atoms with Gasteiger partial charge in [-0.15, -0.1) is 0 Å². The Morgan fingerprint density at radius 3 is 2.52 bits per heavy atom. The fourth-order valence-electron chi connectivity index (χ4n) is 4.88. The first-order chi connectivity index (χ1) is 15.1. The van der Waals surface area contributed by atoms with E-state index < -0.39 is 0 Å². The van der Waals surface area contributed by atoms with Crippen molar-refractivity contribution in [1.29, 1.82) is 0 Å². The molecule has 4 rings (SSSR count). The number of carbonyl (C=O) groups excluding carboxylic acids is 1. The Bertz CT molecular complexity index is 913. The van der Waals surface area contributed by atoms with Crippen molar-refractivity contribution < 1.29 is 14.3 Å². The third kappa shape index (κ3) is 4.65. The molecule has 0 aliphatic carbocycles. The van der Waals surface area contributed by atoms with E-state index in [0.29, 0.717) is 18.8 Å². The predicted molar refractivity (Wildman–Crippen MR) is 121 cm³/mol. The van der Waals surface area contributed by atoms with Gasteiger partial charge in [-0.1, -0.05) is 36.4 Å². The van der Waals surface area contributed by atoms with Crippen LogP contribution in [0.2, 0.25) is 0 Å². The number of hydrogen-bond donors (Lipinski definition) is 2. The van der Waals surface area contributed by atoms with Gasteiger partial charge in [0.25, 0.3) is 0 Å². The van der Waals surface area contributed by atoms with Gasteiger partial charge in [0, 0.05) is 36.8 Å². The highest BCUT2D eigenvalue weighted by Crippen LogP contribution is 2.42. The van der Waals surface area contributed by atoms with Gasteiger partial charge in [-0.2, -0.15) is 0 Å². The summed E-state index contributed by atoms with van der Waals surface area (Å²) in [5.41, 5.74) is 2.94. The number of rotatable bonds is 4. The molecular weight excluding hydrogens is 393 g/mol. The number of aliphatic hydroxyl groups excluding tert-OH is 1. The number of allylic oxidation sites excluding steroid dienone is 1. The van der Waals surface area contributed by atoms with Crippen molar-refractivity contribution >= 4 is 17.8 Å². The fourth-order valence-corrected chi connectivity index (χ4v) is 4.88. The summed E-state index contributed by atoms with van der Waals surface area (Å²) in [6, 6.07) is 14.4. The van der Waals surface area contributed by atoms with Crippen molar-refractivity contribution in [3.63, 3.8) is 0 Å². The number of halogens is 1. The Labute approximate surface area is 183 Å². The summed E-state index contributed by atoms with van der Waals surface area (Å²) in [6.45, 7) is 4.34. The number of aliphatic hydroxyl groups is 1. The van der Waals surface area contributed by atoms with Crippen LogP contribution in [0.5, 0.6) is 0 Å². The summed E-state index contributed by atoms with van der Waals surface area (Å²) < 4.78 is 13.2. The van der Waals surface area contributed by atoms with Crippen LogP contribution in [0.25, 0.3) is 6.08 Å². The van der Waals surface area contributed by atoms with Gasteiger partial charge in [-0.05, 0) is 61.7 Å². The largest absolute Gasteiger partial charge is 0.395 e. The van der Waals surface area contributed by atoms with Gasteiger partial charge in [-0.25, -0.2) is 9.18 Å². The topological polar surface area (TPSA) is 55.8 Å². The SMILES string of the molecule is CC=Cc1ccc([C@H]2[C@@H](CO)N3CCCCN(C(=O)Nc4ccc(F)cc4)C[C@@H]23)cc1. The van der Waals surface area contributed by atoms with E-state index >= 15 is 0 Å².